The third-order valence-electron chi connectivity index (χ3n) is 1.35. The van der Waals surface area contributed by atoms with Gasteiger partial charge in [-0.3, -0.25) is 0 Å². The molecular weight excluding hydrogens is 124 g/mol. The maximum absolute atomic E-state index is 5.50. The standard InChI is InChI=1S/C9H14O/c1-8(2)10-9-6-4-3-5-7-9/h3-4,7-8H,5-6H2,1-2H3. The molecule has 0 aromatic heterocycles. The summed E-state index contributed by atoms with van der Waals surface area (Å²) in [6, 6.07) is 0. The molecule has 10 heavy (non-hydrogen) atoms. The molecule has 0 radical (unpaired) electrons. The molecule has 0 N–H and O–H groups in total. The molecule has 0 unspecified atom stereocenters. The molecule has 1 rings (SSSR count). The third-order valence-corrected chi connectivity index (χ3v) is 1.35. The minimum absolute atomic E-state index is 0.317. The number of rotatable bonds is 2. The van der Waals surface area contributed by atoms with E-state index in [9.17, 15) is 0 Å². The van der Waals surface area contributed by atoms with E-state index < -0.39 is 0 Å². The first-order valence-electron chi connectivity index (χ1n) is 3.79. The molecule has 0 aromatic rings. The zero-order valence-electron chi connectivity index (χ0n) is 6.63. The zero-order chi connectivity index (χ0) is 7.40. The minimum Gasteiger partial charge on any atom is -0.495 e. The highest BCUT2D eigenvalue weighted by molar-refractivity contribution is 5.09. The van der Waals surface area contributed by atoms with Crippen molar-refractivity contribution in [2.24, 2.45) is 0 Å². The lowest BCUT2D eigenvalue weighted by Crippen LogP contribution is -2.02. The second kappa shape index (κ2) is 3.45. The monoisotopic (exact) mass is 138 g/mol. The molecule has 1 nitrogen and oxygen atoms in total. The van der Waals surface area contributed by atoms with Crippen LogP contribution in [-0.4, -0.2) is 6.10 Å². The molecule has 1 heteroatoms. The largest absolute Gasteiger partial charge is 0.495 e. The average molecular weight is 138 g/mol. The Bertz CT molecular complexity index is 154. The molecule has 1 aliphatic rings. The van der Waals surface area contributed by atoms with Crippen molar-refractivity contribution in [3.63, 3.8) is 0 Å². The van der Waals surface area contributed by atoms with Crippen molar-refractivity contribution in [1.29, 1.82) is 0 Å². The molecule has 1 aliphatic carbocycles. The van der Waals surface area contributed by atoms with Gasteiger partial charge in [0.25, 0.3) is 0 Å². The quantitative estimate of drug-likeness (QED) is 0.533. The first-order valence-corrected chi connectivity index (χ1v) is 3.79. The van der Waals surface area contributed by atoms with Gasteiger partial charge in [0.2, 0.25) is 0 Å². The van der Waals surface area contributed by atoms with Crippen LogP contribution in [0.3, 0.4) is 0 Å². The number of ether oxygens (including phenoxy) is 1. The van der Waals surface area contributed by atoms with Gasteiger partial charge in [-0.2, -0.15) is 0 Å². The molecule has 0 atom stereocenters. The van der Waals surface area contributed by atoms with Crippen molar-refractivity contribution in [1.82, 2.24) is 0 Å². The Labute approximate surface area is 62.4 Å². The van der Waals surface area contributed by atoms with Gasteiger partial charge < -0.3 is 4.74 Å². The van der Waals surface area contributed by atoms with Gasteiger partial charge in [-0.15, -0.1) is 0 Å². The van der Waals surface area contributed by atoms with Gasteiger partial charge in [-0.1, -0.05) is 12.2 Å². The minimum atomic E-state index is 0.317. The van der Waals surface area contributed by atoms with Crippen molar-refractivity contribution >= 4 is 0 Å². The Kier molecular flexibility index (Phi) is 2.55. The molecule has 0 aromatic carbocycles. The smallest absolute Gasteiger partial charge is 0.0964 e. The van der Waals surface area contributed by atoms with Gasteiger partial charge in [0.1, 0.15) is 0 Å². The first kappa shape index (κ1) is 7.39. The van der Waals surface area contributed by atoms with E-state index in [1.165, 1.54) is 0 Å². The lowest BCUT2D eigenvalue weighted by Gasteiger charge is -2.13. The number of hydrogen-bond acceptors (Lipinski definition) is 1. The van der Waals surface area contributed by atoms with Crippen LogP contribution in [-0.2, 0) is 4.74 Å². The van der Waals surface area contributed by atoms with Gasteiger partial charge in [0.05, 0.1) is 11.9 Å². The van der Waals surface area contributed by atoms with Gasteiger partial charge >= 0.3 is 0 Å². The van der Waals surface area contributed by atoms with Gasteiger partial charge in [-0.05, 0) is 26.3 Å². The van der Waals surface area contributed by atoms with Crippen LogP contribution in [0, 0.1) is 0 Å². The van der Waals surface area contributed by atoms with Crippen LogP contribution < -0.4 is 0 Å². The predicted octanol–water partition coefficient (Wildman–Crippen LogP) is 2.65. The van der Waals surface area contributed by atoms with E-state index >= 15 is 0 Å². The highest BCUT2D eigenvalue weighted by Gasteiger charge is 2.00. The highest BCUT2D eigenvalue weighted by Crippen LogP contribution is 2.13. The summed E-state index contributed by atoms with van der Waals surface area (Å²) in [6.45, 7) is 4.11. The average Bonchev–Trinajstić information content (AvgIpc) is 1.88. The summed E-state index contributed by atoms with van der Waals surface area (Å²) in [5, 5.41) is 0. The molecule has 0 heterocycles. The maximum atomic E-state index is 5.50. The van der Waals surface area contributed by atoms with Crippen molar-refractivity contribution in [2.45, 2.75) is 32.8 Å². The molecule has 0 fully saturated rings. The summed E-state index contributed by atoms with van der Waals surface area (Å²) >= 11 is 0. The van der Waals surface area contributed by atoms with E-state index in [0.717, 1.165) is 18.6 Å². The van der Waals surface area contributed by atoms with E-state index in [4.69, 9.17) is 4.74 Å². The number of hydrogen-bond donors (Lipinski definition) is 0. The highest BCUT2D eigenvalue weighted by atomic mass is 16.5. The van der Waals surface area contributed by atoms with Crippen LogP contribution in [0.25, 0.3) is 0 Å². The van der Waals surface area contributed by atoms with E-state index in [1.54, 1.807) is 0 Å². The Morgan fingerprint density at radius 3 is 2.70 bits per heavy atom. The lowest BCUT2D eigenvalue weighted by molar-refractivity contribution is 0.142. The van der Waals surface area contributed by atoms with Crippen LogP contribution in [0.4, 0.5) is 0 Å². The van der Waals surface area contributed by atoms with Crippen LogP contribution in [0.1, 0.15) is 26.7 Å². The van der Waals surface area contributed by atoms with Crippen molar-refractivity contribution in [2.75, 3.05) is 0 Å². The van der Waals surface area contributed by atoms with Crippen molar-refractivity contribution < 1.29 is 4.74 Å². The summed E-state index contributed by atoms with van der Waals surface area (Å²) in [4.78, 5) is 0. The van der Waals surface area contributed by atoms with Crippen LogP contribution in [0.2, 0.25) is 0 Å². The topological polar surface area (TPSA) is 9.23 Å². The van der Waals surface area contributed by atoms with Gasteiger partial charge in [0.15, 0.2) is 0 Å². The number of allylic oxidation sites excluding steroid dienone is 3. The third kappa shape index (κ3) is 2.26. The Morgan fingerprint density at radius 1 is 1.40 bits per heavy atom. The predicted molar refractivity (Wildman–Crippen MR) is 42.7 cm³/mol. The Hall–Kier alpha value is -0.720. The second-order valence-electron chi connectivity index (χ2n) is 2.75. The van der Waals surface area contributed by atoms with Crippen LogP contribution >= 0.6 is 0 Å². The molecule has 0 aliphatic heterocycles. The van der Waals surface area contributed by atoms with Crippen LogP contribution in [0.15, 0.2) is 24.0 Å². The summed E-state index contributed by atoms with van der Waals surface area (Å²) in [5.41, 5.74) is 0. The molecule has 0 saturated heterocycles. The van der Waals surface area contributed by atoms with E-state index in [2.05, 4.69) is 32.1 Å². The lowest BCUT2D eigenvalue weighted by atomic mass is 10.2. The second-order valence-corrected chi connectivity index (χ2v) is 2.75. The van der Waals surface area contributed by atoms with Crippen molar-refractivity contribution in [3.8, 4) is 0 Å². The Morgan fingerprint density at radius 2 is 2.20 bits per heavy atom. The molecule has 56 valence electrons. The van der Waals surface area contributed by atoms with Gasteiger partial charge in [0, 0.05) is 6.42 Å². The molecule has 0 saturated carbocycles. The van der Waals surface area contributed by atoms with Crippen LogP contribution in [0.5, 0.6) is 0 Å². The van der Waals surface area contributed by atoms with E-state index in [1.807, 2.05) is 0 Å². The molecular formula is C9H14O. The molecule has 0 bridgehead atoms. The summed E-state index contributed by atoms with van der Waals surface area (Å²) in [6.07, 6.45) is 8.77. The normalized spacial score (nSPS) is 17.3. The fourth-order valence-corrected chi connectivity index (χ4v) is 0.978. The summed E-state index contributed by atoms with van der Waals surface area (Å²) < 4.78 is 5.50. The van der Waals surface area contributed by atoms with E-state index in [0.29, 0.717) is 6.10 Å². The fourth-order valence-electron chi connectivity index (χ4n) is 0.978. The van der Waals surface area contributed by atoms with Crippen molar-refractivity contribution in [3.05, 3.63) is 24.0 Å². The van der Waals surface area contributed by atoms with Gasteiger partial charge in [-0.25, -0.2) is 0 Å². The molecule has 0 amide bonds. The zero-order valence-corrected chi connectivity index (χ0v) is 6.63. The van der Waals surface area contributed by atoms with E-state index in [-0.39, 0.29) is 0 Å². The fraction of sp³-hybridized carbons (Fsp3) is 0.556. The molecule has 0 spiro atoms. The maximum Gasteiger partial charge on any atom is 0.0964 e. The first-order chi connectivity index (χ1) is 4.79. The summed E-state index contributed by atoms with van der Waals surface area (Å²) in [7, 11) is 0. The Balaban J connectivity index is 2.34. The SMILES string of the molecule is CC(C)OC1=CCC=CC1. The summed E-state index contributed by atoms with van der Waals surface area (Å²) in [5.74, 6) is 1.12.